The van der Waals surface area contributed by atoms with Crippen molar-refractivity contribution in [3.8, 4) is 5.75 Å². The average molecular weight is 457 g/mol. The number of benzene rings is 1. The van der Waals surface area contributed by atoms with Gasteiger partial charge in [0.1, 0.15) is 5.75 Å². The van der Waals surface area contributed by atoms with E-state index in [0.29, 0.717) is 30.7 Å². The molecule has 1 aliphatic carbocycles. The largest absolute Gasteiger partial charge is 0.497 e. The van der Waals surface area contributed by atoms with Gasteiger partial charge in [0, 0.05) is 47.7 Å². The molecule has 2 heterocycles. The third-order valence-electron chi connectivity index (χ3n) is 6.96. The molecule has 0 spiro atoms. The topological polar surface area (TPSA) is 79.7 Å². The summed E-state index contributed by atoms with van der Waals surface area (Å²) in [6.45, 7) is 2.47. The summed E-state index contributed by atoms with van der Waals surface area (Å²) in [5.74, 6) is 0.702. The van der Waals surface area contributed by atoms with Gasteiger partial charge in [-0.1, -0.05) is 6.42 Å². The van der Waals surface area contributed by atoms with Crippen molar-refractivity contribution >= 4 is 34.4 Å². The zero-order valence-corrected chi connectivity index (χ0v) is 19.5. The first-order valence-corrected chi connectivity index (χ1v) is 12.6. The predicted octanol–water partition coefficient (Wildman–Crippen LogP) is 4.51. The van der Waals surface area contributed by atoms with Gasteiger partial charge in [-0.3, -0.25) is 14.6 Å². The first-order valence-electron chi connectivity index (χ1n) is 11.6. The lowest BCUT2D eigenvalue weighted by Crippen LogP contribution is -2.44. The van der Waals surface area contributed by atoms with Crippen molar-refractivity contribution in [1.82, 2.24) is 9.88 Å². The monoisotopic (exact) mass is 456 g/mol. The summed E-state index contributed by atoms with van der Waals surface area (Å²) in [7, 11) is 1.60. The number of carboxylic acids is 1. The van der Waals surface area contributed by atoms with E-state index in [4.69, 9.17) is 4.74 Å². The Morgan fingerprint density at radius 2 is 2.09 bits per heavy atom. The summed E-state index contributed by atoms with van der Waals surface area (Å²) in [5, 5.41) is 11.4. The highest BCUT2D eigenvalue weighted by Crippen LogP contribution is 2.33. The number of ketones is 1. The molecule has 1 aromatic carbocycles. The molecule has 2 fully saturated rings. The molecule has 1 aromatic heterocycles. The number of nitrogens with zero attached hydrogens (tertiary/aromatic N) is 2. The van der Waals surface area contributed by atoms with Crippen molar-refractivity contribution in [2.45, 2.75) is 43.8 Å². The molecule has 0 radical (unpaired) electrons. The van der Waals surface area contributed by atoms with Crippen LogP contribution >= 0.6 is 11.8 Å². The molecule has 0 bridgehead atoms. The number of fused-ring (bicyclic) bond motifs is 1. The van der Waals surface area contributed by atoms with E-state index in [1.54, 1.807) is 19.4 Å². The van der Waals surface area contributed by atoms with Crippen LogP contribution in [0.2, 0.25) is 0 Å². The van der Waals surface area contributed by atoms with Gasteiger partial charge in [0.15, 0.2) is 5.78 Å². The quantitative estimate of drug-likeness (QED) is 0.527. The fourth-order valence-corrected chi connectivity index (χ4v) is 6.09. The molecule has 2 aliphatic rings. The number of carbonyl (C=O) groups is 2. The first kappa shape index (κ1) is 23.1. The van der Waals surface area contributed by atoms with Gasteiger partial charge in [-0.15, -0.1) is 0 Å². The Balaban J connectivity index is 1.35. The number of aromatic nitrogens is 1. The SMILES string of the molecule is COc1ccc2nccc(C(=O)CC[C@H]3CCN(CCSC4CCC4)C[C@H]3C(=O)O)c2c1. The molecule has 2 aromatic rings. The van der Waals surface area contributed by atoms with Crippen LogP contribution in [0.3, 0.4) is 0 Å². The Morgan fingerprint density at radius 3 is 2.81 bits per heavy atom. The number of pyridine rings is 1. The summed E-state index contributed by atoms with van der Waals surface area (Å²) in [6.07, 6.45) is 7.46. The van der Waals surface area contributed by atoms with Crippen LogP contribution in [0.1, 0.15) is 48.9 Å². The fraction of sp³-hybridized carbons (Fsp3) is 0.560. The Labute approximate surface area is 193 Å². The normalized spacial score (nSPS) is 21.9. The van der Waals surface area contributed by atoms with Crippen LogP contribution in [0.15, 0.2) is 30.5 Å². The van der Waals surface area contributed by atoms with Crippen molar-refractivity contribution in [2.75, 3.05) is 32.5 Å². The second-order valence-electron chi connectivity index (χ2n) is 8.92. The van der Waals surface area contributed by atoms with Crippen molar-refractivity contribution in [1.29, 1.82) is 0 Å². The number of methoxy groups -OCH3 is 1. The minimum Gasteiger partial charge on any atom is -0.497 e. The number of piperidine rings is 1. The van der Waals surface area contributed by atoms with E-state index >= 15 is 0 Å². The minimum absolute atomic E-state index is 0.0362. The molecular weight excluding hydrogens is 424 g/mol. The average Bonchev–Trinajstić information content (AvgIpc) is 2.78. The maximum atomic E-state index is 13.1. The third kappa shape index (κ3) is 5.44. The van der Waals surface area contributed by atoms with E-state index in [9.17, 15) is 14.7 Å². The Bertz CT molecular complexity index is 962. The van der Waals surface area contributed by atoms with Crippen molar-refractivity contribution in [3.63, 3.8) is 0 Å². The standard InChI is InChI=1S/C25H32N2O4S/c1-31-18-6-7-23-21(15-18)20(9-11-26-23)24(28)8-5-17-10-12-27(16-22(17)25(29)30)13-14-32-19-3-2-4-19/h6-7,9,11,15,17,19,22H,2-5,8,10,12-14,16H2,1H3,(H,29,30)/t17-,22+/m0/s1. The van der Waals surface area contributed by atoms with Crippen LogP contribution < -0.4 is 4.74 Å². The number of rotatable bonds is 10. The maximum Gasteiger partial charge on any atom is 0.308 e. The summed E-state index contributed by atoms with van der Waals surface area (Å²) < 4.78 is 5.30. The van der Waals surface area contributed by atoms with Gasteiger partial charge in [-0.2, -0.15) is 11.8 Å². The van der Waals surface area contributed by atoms with Crippen LogP contribution in [0.4, 0.5) is 0 Å². The van der Waals surface area contributed by atoms with E-state index < -0.39 is 11.9 Å². The molecule has 172 valence electrons. The van der Waals surface area contributed by atoms with Gasteiger partial charge in [0.2, 0.25) is 0 Å². The zero-order valence-electron chi connectivity index (χ0n) is 18.7. The number of aliphatic carboxylic acids is 1. The summed E-state index contributed by atoms with van der Waals surface area (Å²) in [4.78, 5) is 31.7. The zero-order chi connectivity index (χ0) is 22.5. The predicted molar refractivity (Wildman–Crippen MR) is 128 cm³/mol. The van der Waals surface area contributed by atoms with Gasteiger partial charge < -0.3 is 14.7 Å². The van der Waals surface area contributed by atoms with E-state index in [0.717, 1.165) is 41.4 Å². The van der Waals surface area contributed by atoms with E-state index in [-0.39, 0.29) is 11.7 Å². The van der Waals surface area contributed by atoms with Gasteiger partial charge in [0.25, 0.3) is 0 Å². The van der Waals surface area contributed by atoms with Crippen LogP contribution in [-0.2, 0) is 4.79 Å². The van der Waals surface area contributed by atoms with Gasteiger partial charge >= 0.3 is 5.97 Å². The molecule has 7 heteroatoms. The van der Waals surface area contributed by atoms with E-state index in [1.165, 1.54) is 19.3 Å². The van der Waals surface area contributed by atoms with Crippen molar-refractivity contribution in [3.05, 3.63) is 36.0 Å². The Morgan fingerprint density at radius 1 is 1.25 bits per heavy atom. The van der Waals surface area contributed by atoms with Crippen LogP contribution in [0, 0.1) is 11.8 Å². The molecule has 32 heavy (non-hydrogen) atoms. The lowest BCUT2D eigenvalue weighted by Gasteiger charge is -2.37. The van der Waals surface area contributed by atoms with E-state index in [1.807, 2.05) is 30.0 Å². The smallest absolute Gasteiger partial charge is 0.308 e. The molecule has 2 atom stereocenters. The maximum absolute atomic E-state index is 13.1. The number of hydrogen-bond donors (Lipinski definition) is 1. The number of carbonyl (C=O) groups excluding carboxylic acids is 1. The first-order chi connectivity index (χ1) is 15.5. The van der Waals surface area contributed by atoms with Crippen LogP contribution in [0.5, 0.6) is 5.75 Å². The number of carboxylic acid groups (broad SMARTS) is 1. The Hall–Kier alpha value is -2.12. The lowest BCUT2D eigenvalue weighted by atomic mass is 9.81. The minimum atomic E-state index is -0.738. The summed E-state index contributed by atoms with van der Waals surface area (Å²) in [6, 6.07) is 7.28. The molecule has 0 unspecified atom stereocenters. The number of ether oxygens (including phenoxy) is 1. The second kappa shape index (κ2) is 10.7. The highest BCUT2D eigenvalue weighted by atomic mass is 32.2. The number of likely N-dealkylation sites (tertiary alicyclic amines) is 1. The highest BCUT2D eigenvalue weighted by molar-refractivity contribution is 7.99. The van der Waals surface area contributed by atoms with Crippen molar-refractivity contribution < 1.29 is 19.4 Å². The molecule has 1 saturated heterocycles. The Kier molecular flexibility index (Phi) is 7.68. The number of thioether (sulfide) groups is 1. The fourth-order valence-electron chi connectivity index (χ4n) is 4.73. The lowest BCUT2D eigenvalue weighted by molar-refractivity contribution is -0.146. The van der Waals surface area contributed by atoms with Gasteiger partial charge in [0.05, 0.1) is 18.5 Å². The summed E-state index contributed by atoms with van der Waals surface area (Å²) in [5.41, 5.74) is 1.39. The van der Waals surface area contributed by atoms with Crippen LogP contribution in [-0.4, -0.2) is 64.5 Å². The van der Waals surface area contributed by atoms with Crippen molar-refractivity contribution in [2.24, 2.45) is 11.8 Å². The molecule has 1 N–H and O–H groups in total. The van der Waals surface area contributed by atoms with Crippen LogP contribution in [0.25, 0.3) is 10.9 Å². The number of Topliss-reactive ketones (excluding diaryl/α,β-unsaturated/α-hetero) is 1. The summed E-state index contributed by atoms with van der Waals surface area (Å²) >= 11 is 2.03. The molecule has 1 aliphatic heterocycles. The highest BCUT2D eigenvalue weighted by Gasteiger charge is 2.34. The molecule has 4 rings (SSSR count). The number of hydrogen-bond acceptors (Lipinski definition) is 6. The molecular formula is C25H32N2O4S. The second-order valence-corrected chi connectivity index (χ2v) is 10.3. The van der Waals surface area contributed by atoms with E-state index in [2.05, 4.69) is 9.88 Å². The molecule has 6 nitrogen and oxygen atoms in total. The van der Waals surface area contributed by atoms with Gasteiger partial charge in [-0.25, -0.2) is 0 Å². The third-order valence-corrected chi connectivity index (χ3v) is 8.32. The molecule has 0 amide bonds. The van der Waals surface area contributed by atoms with Gasteiger partial charge in [-0.05, 0) is 62.4 Å². The molecule has 1 saturated carbocycles.